The highest BCUT2D eigenvalue weighted by Gasteiger charge is 2.01. The van der Waals surface area contributed by atoms with E-state index in [1.165, 1.54) is 6.92 Å². The summed E-state index contributed by atoms with van der Waals surface area (Å²) in [5.74, 6) is 0.0120. The summed E-state index contributed by atoms with van der Waals surface area (Å²) in [7, 11) is 0. The Morgan fingerprint density at radius 1 is 1.25 bits per heavy atom. The molecule has 0 aromatic heterocycles. The largest absolute Gasteiger partial charge is 0.294 e. The molecule has 0 aliphatic heterocycles. The Morgan fingerprint density at radius 3 is 2.08 bits per heavy atom. The van der Waals surface area contributed by atoms with E-state index >= 15 is 0 Å². The normalized spacial score (nSPS) is 12.5. The average Bonchev–Trinajstić information content (AvgIpc) is 2.03. The summed E-state index contributed by atoms with van der Waals surface area (Å²) in [6.45, 7) is 10.6. The molecule has 1 heteroatoms. The second-order valence-electron chi connectivity index (χ2n) is 2.33. The van der Waals surface area contributed by atoms with Gasteiger partial charge in [0.15, 0.2) is 5.78 Å². The van der Waals surface area contributed by atoms with E-state index in [-0.39, 0.29) is 5.78 Å². The molecule has 12 heavy (non-hydrogen) atoms. The highest BCUT2D eigenvalue weighted by Crippen LogP contribution is 2.09. The molecule has 1 nitrogen and oxygen atoms in total. The van der Waals surface area contributed by atoms with E-state index < -0.39 is 0 Å². The fourth-order valence-electron chi connectivity index (χ4n) is 0.912. The fourth-order valence-corrected chi connectivity index (χ4v) is 0.912. The van der Waals surface area contributed by atoms with Crippen LogP contribution in [-0.4, -0.2) is 5.78 Å². The molecule has 0 bridgehead atoms. The molecule has 0 aromatic carbocycles. The van der Waals surface area contributed by atoms with Crippen molar-refractivity contribution in [1.29, 1.82) is 0 Å². The zero-order valence-corrected chi connectivity index (χ0v) is 7.63. The fraction of sp³-hybridized carbons (Fsp3) is 0.182. The minimum atomic E-state index is 0.0120. The van der Waals surface area contributed by atoms with Crippen molar-refractivity contribution in [3.8, 4) is 0 Å². The predicted octanol–water partition coefficient (Wildman–Crippen LogP) is 2.82. The summed E-state index contributed by atoms with van der Waals surface area (Å²) in [4.78, 5) is 11.0. The number of carbonyl (C=O) groups is 1. The third-order valence-electron chi connectivity index (χ3n) is 1.46. The van der Waals surface area contributed by atoms with Crippen LogP contribution in [-0.2, 0) is 4.79 Å². The molecule has 0 radical (unpaired) electrons. The maximum Gasteiger partial charge on any atom is 0.160 e. The molecule has 0 atom stereocenters. The molecule has 0 spiro atoms. The van der Waals surface area contributed by atoms with Gasteiger partial charge in [0.2, 0.25) is 0 Å². The minimum absolute atomic E-state index is 0.0120. The SMILES string of the molecule is C=CC(/C=C\C)=C(/C=C)C(C)=O. The maximum atomic E-state index is 11.0. The summed E-state index contributed by atoms with van der Waals surface area (Å²) in [5, 5.41) is 0. The number of Topliss-reactive ketones (excluding diaryl/α,β-unsaturated/α-hetero) is 1. The molecule has 0 aliphatic rings. The smallest absolute Gasteiger partial charge is 0.160 e. The average molecular weight is 162 g/mol. The van der Waals surface area contributed by atoms with Gasteiger partial charge in [0, 0.05) is 5.57 Å². The minimum Gasteiger partial charge on any atom is -0.294 e. The van der Waals surface area contributed by atoms with Gasteiger partial charge in [-0.1, -0.05) is 37.5 Å². The Bertz CT molecular complexity index is 254. The number of ketones is 1. The van der Waals surface area contributed by atoms with Gasteiger partial charge in [-0.2, -0.15) is 0 Å². The van der Waals surface area contributed by atoms with Crippen LogP contribution in [0.5, 0.6) is 0 Å². The quantitative estimate of drug-likeness (QED) is 0.459. The molecule has 0 N–H and O–H groups in total. The summed E-state index contributed by atoms with van der Waals surface area (Å²) >= 11 is 0. The molecule has 0 saturated carbocycles. The number of carbonyl (C=O) groups excluding carboxylic acids is 1. The lowest BCUT2D eigenvalue weighted by molar-refractivity contribution is -0.113. The molecule has 0 unspecified atom stereocenters. The Hall–Kier alpha value is -1.37. The van der Waals surface area contributed by atoms with Crippen LogP contribution in [0.3, 0.4) is 0 Å². The van der Waals surface area contributed by atoms with Gasteiger partial charge < -0.3 is 0 Å². The number of allylic oxidation sites excluding steroid dienone is 6. The van der Waals surface area contributed by atoms with Crippen LogP contribution in [0.1, 0.15) is 13.8 Å². The van der Waals surface area contributed by atoms with Crippen LogP contribution in [0.4, 0.5) is 0 Å². The van der Waals surface area contributed by atoms with Gasteiger partial charge in [0.25, 0.3) is 0 Å². The van der Waals surface area contributed by atoms with Gasteiger partial charge in [0.1, 0.15) is 0 Å². The molecule has 0 amide bonds. The van der Waals surface area contributed by atoms with E-state index in [0.717, 1.165) is 5.57 Å². The molecule has 0 fully saturated rings. The molecule has 0 saturated heterocycles. The molecule has 0 aliphatic carbocycles. The van der Waals surface area contributed by atoms with Crippen molar-refractivity contribution in [1.82, 2.24) is 0 Å². The van der Waals surface area contributed by atoms with Gasteiger partial charge in [0.05, 0.1) is 0 Å². The van der Waals surface area contributed by atoms with Crippen molar-refractivity contribution < 1.29 is 4.79 Å². The molecule has 0 aromatic rings. The van der Waals surface area contributed by atoms with Crippen molar-refractivity contribution in [2.24, 2.45) is 0 Å². The Balaban J connectivity index is 5.14. The maximum absolute atomic E-state index is 11.0. The van der Waals surface area contributed by atoms with Gasteiger partial charge in [-0.3, -0.25) is 4.79 Å². The number of hydrogen-bond acceptors (Lipinski definition) is 1. The second kappa shape index (κ2) is 5.30. The Labute approximate surface area is 73.8 Å². The zero-order chi connectivity index (χ0) is 9.56. The zero-order valence-electron chi connectivity index (χ0n) is 7.63. The van der Waals surface area contributed by atoms with Crippen molar-refractivity contribution in [3.05, 3.63) is 48.6 Å². The highest BCUT2D eigenvalue weighted by molar-refractivity contribution is 5.97. The van der Waals surface area contributed by atoms with Crippen molar-refractivity contribution in [2.45, 2.75) is 13.8 Å². The van der Waals surface area contributed by atoms with E-state index in [1.54, 1.807) is 12.2 Å². The molecule has 0 heterocycles. The lowest BCUT2D eigenvalue weighted by Crippen LogP contribution is -1.95. The number of rotatable bonds is 4. The third-order valence-corrected chi connectivity index (χ3v) is 1.46. The lowest BCUT2D eigenvalue weighted by atomic mass is 10.0. The summed E-state index contributed by atoms with van der Waals surface area (Å²) in [5.41, 5.74) is 1.43. The monoisotopic (exact) mass is 162 g/mol. The van der Waals surface area contributed by atoms with E-state index in [2.05, 4.69) is 13.2 Å². The molecule has 0 rings (SSSR count). The lowest BCUT2D eigenvalue weighted by Gasteiger charge is -1.99. The van der Waals surface area contributed by atoms with E-state index in [9.17, 15) is 4.79 Å². The van der Waals surface area contributed by atoms with Crippen LogP contribution in [0.2, 0.25) is 0 Å². The summed E-state index contributed by atoms with van der Waals surface area (Å²) < 4.78 is 0. The predicted molar refractivity (Wildman–Crippen MR) is 52.9 cm³/mol. The van der Waals surface area contributed by atoms with Crippen LogP contribution >= 0.6 is 0 Å². The van der Waals surface area contributed by atoms with E-state index in [4.69, 9.17) is 0 Å². The van der Waals surface area contributed by atoms with E-state index in [1.807, 2.05) is 19.1 Å². The Kier molecular flexibility index (Phi) is 4.70. The highest BCUT2D eigenvalue weighted by atomic mass is 16.1. The summed E-state index contributed by atoms with van der Waals surface area (Å²) in [6.07, 6.45) is 6.91. The standard InChI is InChI=1S/C11H14O/c1-5-8-10(6-2)11(7-3)9(4)12/h5-8H,2-3H2,1,4H3/b8-5-,11-10+. The second-order valence-corrected chi connectivity index (χ2v) is 2.33. The third kappa shape index (κ3) is 2.70. The van der Waals surface area contributed by atoms with Gasteiger partial charge in [-0.05, 0) is 19.4 Å². The molecular formula is C11H14O. The van der Waals surface area contributed by atoms with Gasteiger partial charge in [-0.15, -0.1) is 0 Å². The topological polar surface area (TPSA) is 17.1 Å². The first kappa shape index (κ1) is 10.6. The van der Waals surface area contributed by atoms with Crippen molar-refractivity contribution in [2.75, 3.05) is 0 Å². The molecular weight excluding hydrogens is 148 g/mol. The van der Waals surface area contributed by atoms with Gasteiger partial charge in [-0.25, -0.2) is 0 Å². The van der Waals surface area contributed by atoms with Crippen LogP contribution in [0.15, 0.2) is 48.6 Å². The summed E-state index contributed by atoms with van der Waals surface area (Å²) in [6, 6.07) is 0. The van der Waals surface area contributed by atoms with Crippen molar-refractivity contribution >= 4 is 5.78 Å². The van der Waals surface area contributed by atoms with Crippen LogP contribution < -0.4 is 0 Å². The molecule has 64 valence electrons. The first-order chi connectivity index (χ1) is 5.67. The van der Waals surface area contributed by atoms with Crippen LogP contribution in [0.25, 0.3) is 0 Å². The van der Waals surface area contributed by atoms with Crippen molar-refractivity contribution in [3.63, 3.8) is 0 Å². The number of hydrogen-bond donors (Lipinski definition) is 0. The first-order valence-electron chi connectivity index (χ1n) is 3.80. The van der Waals surface area contributed by atoms with Crippen LogP contribution in [0, 0.1) is 0 Å². The Morgan fingerprint density at radius 2 is 1.83 bits per heavy atom. The van der Waals surface area contributed by atoms with Gasteiger partial charge >= 0.3 is 0 Å². The van der Waals surface area contributed by atoms with E-state index in [0.29, 0.717) is 5.57 Å². The first-order valence-corrected chi connectivity index (χ1v) is 3.80.